The van der Waals surface area contributed by atoms with Gasteiger partial charge in [0.05, 0.1) is 32.5 Å². The van der Waals surface area contributed by atoms with E-state index in [-0.39, 0.29) is 6.61 Å². The third-order valence-electron chi connectivity index (χ3n) is 3.08. The maximum absolute atomic E-state index is 8.53. The quantitative estimate of drug-likeness (QED) is 0.485. The van der Waals surface area contributed by atoms with Crippen molar-refractivity contribution in [2.24, 2.45) is 0 Å². The highest BCUT2D eigenvalue weighted by Gasteiger charge is 2.01. The summed E-state index contributed by atoms with van der Waals surface area (Å²) >= 11 is 0. The number of aliphatic hydroxyl groups is 1. The fourth-order valence-corrected chi connectivity index (χ4v) is 1.95. The van der Waals surface area contributed by atoms with E-state index in [0.717, 1.165) is 6.42 Å². The van der Waals surface area contributed by atoms with Gasteiger partial charge in [-0.3, -0.25) is 0 Å². The highest BCUT2D eigenvalue weighted by Crippen LogP contribution is 2.10. The first-order valence-electron chi connectivity index (χ1n) is 7.61. The van der Waals surface area contributed by atoms with Gasteiger partial charge in [0.15, 0.2) is 0 Å². The van der Waals surface area contributed by atoms with Gasteiger partial charge < -0.3 is 14.6 Å². The second-order valence-electron chi connectivity index (χ2n) is 4.93. The second kappa shape index (κ2) is 14.9. The lowest BCUT2D eigenvalue weighted by molar-refractivity contribution is 0.000782. The Morgan fingerprint density at radius 2 is 1.56 bits per heavy atom. The summed E-state index contributed by atoms with van der Waals surface area (Å²) in [6.45, 7) is 6.11. The van der Waals surface area contributed by atoms with Crippen LogP contribution >= 0.6 is 0 Å². The van der Waals surface area contributed by atoms with E-state index >= 15 is 0 Å². The summed E-state index contributed by atoms with van der Waals surface area (Å²) in [7, 11) is 0. The Bertz CT molecular complexity index is 151. The Balaban J connectivity index is 3.09. The van der Waals surface area contributed by atoms with Crippen molar-refractivity contribution >= 4 is 0 Å². The van der Waals surface area contributed by atoms with Crippen LogP contribution < -0.4 is 0 Å². The molecule has 0 radical (unpaired) electrons. The van der Waals surface area contributed by atoms with Crippen molar-refractivity contribution in [2.75, 3.05) is 26.4 Å². The van der Waals surface area contributed by atoms with Crippen LogP contribution in [0.4, 0.5) is 0 Å². The van der Waals surface area contributed by atoms with Crippen LogP contribution in [0.2, 0.25) is 0 Å². The third-order valence-corrected chi connectivity index (χ3v) is 3.08. The van der Waals surface area contributed by atoms with E-state index in [1.165, 1.54) is 44.9 Å². The van der Waals surface area contributed by atoms with E-state index in [1.807, 2.05) is 0 Å². The van der Waals surface area contributed by atoms with E-state index < -0.39 is 0 Å². The van der Waals surface area contributed by atoms with E-state index in [2.05, 4.69) is 13.8 Å². The molecule has 0 saturated heterocycles. The maximum Gasteiger partial charge on any atom is 0.0704 e. The Morgan fingerprint density at radius 1 is 0.889 bits per heavy atom. The molecule has 0 amide bonds. The normalized spacial score (nSPS) is 12.8. The zero-order chi connectivity index (χ0) is 13.5. The molecular weight excluding hydrogens is 228 g/mol. The van der Waals surface area contributed by atoms with Gasteiger partial charge in [-0.25, -0.2) is 0 Å². The summed E-state index contributed by atoms with van der Waals surface area (Å²) in [6, 6.07) is 0. The number of hydrogen-bond donors (Lipinski definition) is 1. The minimum atomic E-state index is 0.0909. The molecule has 0 aliphatic rings. The molecule has 18 heavy (non-hydrogen) atoms. The lowest BCUT2D eigenvalue weighted by Crippen LogP contribution is -2.13. The smallest absolute Gasteiger partial charge is 0.0704 e. The molecule has 3 heteroatoms. The maximum atomic E-state index is 8.53. The molecule has 0 spiro atoms. The van der Waals surface area contributed by atoms with Crippen LogP contribution in [0.1, 0.15) is 65.2 Å². The van der Waals surface area contributed by atoms with Crippen LogP contribution in [0.3, 0.4) is 0 Å². The van der Waals surface area contributed by atoms with Crippen LogP contribution in [-0.4, -0.2) is 37.6 Å². The van der Waals surface area contributed by atoms with E-state index in [0.29, 0.717) is 25.9 Å². The highest BCUT2D eigenvalue weighted by molar-refractivity contribution is 4.52. The molecule has 3 nitrogen and oxygen atoms in total. The molecule has 0 fully saturated rings. The number of aliphatic hydroxyl groups excluding tert-OH is 1. The van der Waals surface area contributed by atoms with Gasteiger partial charge in [0, 0.05) is 0 Å². The van der Waals surface area contributed by atoms with Crippen molar-refractivity contribution in [1.82, 2.24) is 0 Å². The Labute approximate surface area is 113 Å². The first kappa shape index (κ1) is 17.9. The first-order chi connectivity index (χ1) is 8.81. The van der Waals surface area contributed by atoms with Crippen molar-refractivity contribution in [1.29, 1.82) is 0 Å². The molecule has 0 aliphatic carbocycles. The molecule has 0 bridgehead atoms. The van der Waals surface area contributed by atoms with E-state index in [4.69, 9.17) is 14.6 Å². The molecule has 0 aromatic rings. The summed E-state index contributed by atoms with van der Waals surface area (Å²) in [4.78, 5) is 0. The first-order valence-corrected chi connectivity index (χ1v) is 7.61. The summed E-state index contributed by atoms with van der Waals surface area (Å²) < 4.78 is 10.8. The molecule has 1 N–H and O–H groups in total. The predicted octanol–water partition coefficient (Wildman–Crippen LogP) is 3.54. The topological polar surface area (TPSA) is 38.7 Å². The summed E-state index contributed by atoms with van der Waals surface area (Å²) in [5.74, 6) is 0. The molecular formula is C15H32O3. The number of ether oxygens (including phenoxy) is 2. The minimum Gasteiger partial charge on any atom is -0.394 e. The SMILES string of the molecule is CCCCCCCCCC(C)OCCOCCO. The van der Waals surface area contributed by atoms with Gasteiger partial charge in [-0.15, -0.1) is 0 Å². The Morgan fingerprint density at radius 3 is 2.22 bits per heavy atom. The molecule has 0 aromatic carbocycles. The lowest BCUT2D eigenvalue weighted by atomic mass is 10.1. The highest BCUT2D eigenvalue weighted by atomic mass is 16.5. The molecule has 110 valence electrons. The van der Waals surface area contributed by atoms with E-state index in [1.54, 1.807) is 0 Å². The number of unbranched alkanes of at least 4 members (excludes halogenated alkanes) is 6. The fraction of sp³-hybridized carbons (Fsp3) is 1.00. The molecule has 0 aromatic heterocycles. The Kier molecular flexibility index (Phi) is 14.8. The van der Waals surface area contributed by atoms with Gasteiger partial charge >= 0.3 is 0 Å². The average Bonchev–Trinajstić information content (AvgIpc) is 2.37. The molecule has 1 atom stereocenters. The van der Waals surface area contributed by atoms with Crippen molar-refractivity contribution < 1.29 is 14.6 Å². The van der Waals surface area contributed by atoms with Gasteiger partial charge in [0.25, 0.3) is 0 Å². The molecule has 0 aliphatic heterocycles. The van der Waals surface area contributed by atoms with Gasteiger partial charge in [0.1, 0.15) is 0 Å². The third kappa shape index (κ3) is 13.9. The van der Waals surface area contributed by atoms with Gasteiger partial charge in [-0.1, -0.05) is 51.9 Å². The Hall–Kier alpha value is -0.120. The monoisotopic (exact) mass is 260 g/mol. The van der Waals surface area contributed by atoms with Gasteiger partial charge in [-0.05, 0) is 13.3 Å². The fourth-order valence-electron chi connectivity index (χ4n) is 1.95. The molecule has 1 unspecified atom stereocenters. The van der Waals surface area contributed by atoms with Gasteiger partial charge in [-0.2, -0.15) is 0 Å². The lowest BCUT2D eigenvalue weighted by Gasteiger charge is -2.12. The average molecular weight is 260 g/mol. The summed E-state index contributed by atoms with van der Waals surface area (Å²) in [6.07, 6.45) is 10.9. The van der Waals surface area contributed by atoms with Crippen molar-refractivity contribution in [3.05, 3.63) is 0 Å². The van der Waals surface area contributed by atoms with Gasteiger partial charge in [0.2, 0.25) is 0 Å². The van der Waals surface area contributed by atoms with Crippen molar-refractivity contribution in [3.8, 4) is 0 Å². The van der Waals surface area contributed by atoms with Crippen LogP contribution in [-0.2, 0) is 9.47 Å². The van der Waals surface area contributed by atoms with Crippen LogP contribution in [0.5, 0.6) is 0 Å². The molecule has 0 heterocycles. The standard InChI is InChI=1S/C15H32O3/c1-3-4-5-6-7-8-9-10-15(2)18-14-13-17-12-11-16/h15-16H,3-14H2,1-2H3. The van der Waals surface area contributed by atoms with E-state index in [9.17, 15) is 0 Å². The van der Waals surface area contributed by atoms with Crippen LogP contribution in [0, 0.1) is 0 Å². The van der Waals surface area contributed by atoms with Crippen LogP contribution in [0.25, 0.3) is 0 Å². The summed E-state index contributed by atoms with van der Waals surface area (Å²) in [5, 5.41) is 8.53. The summed E-state index contributed by atoms with van der Waals surface area (Å²) in [5.41, 5.74) is 0. The number of hydrogen-bond acceptors (Lipinski definition) is 3. The van der Waals surface area contributed by atoms with Crippen molar-refractivity contribution in [3.63, 3.8) is 0 Å². The molecule has 0 rings (SSSR count). The second-order valence-corrected chi connectivity index (χ2v) is 4.93. The zero-order valence-electron chi connectivity index (χ0n) is 12.3. The predicted molar refractivity (Wildman–Crippen MR) is 75.9 cm³/mol. The van der Waals surface area contributed by atoms with Crippen molar-refractivity contribution in [2.45, 2.75) is 71.3 Å². The minimum absolute atomic E-state index is 0.0909. The zero-order valence-corrected chi connectivity index (χ0v) is 12.3. The molecule has 0 saturated carbocycles. The largest absolute Gasteiger partial charge is 0.394 e. The number of rotatable bonds is 14. The van der Waals surface area contributed by atoms with Crippen LogP contribution in [0.15, 0.2) is 0 Å².